The molecule has 0 aliphatic rings. The van der Waals surface area contributed by atoms with E-state index < -0.39 is 0 Å². The summed E-state index contributed by atoms with van der Waals surface area (Å²) < 4.78 is 5.38. The fraction of sp³-hybridized carbons (Fsp3) is 0.133. The van der Waals surface area contributed by atoms with Crippen LogP contribution in [0.5, 0.6) is 5.75 Å². The van der Waals surface area contributed by atoms with Crippen molar-refractivity contribution in [1.82, 2.24) is 0 Å². The molecule has 20 heavy (non-hydrogen) atoms. The first-order valence-corrected chi connectivity index (χ1v) is 6.53. The van der Waals surface area contributed by atoms with Gasteiger partial charge in [0.2, 0.25) is 0 Å². The number of amides is 1. The standard InChI is InChI=1S/C15H15ClN2O2/c16-14-8-13(7-6-11(14)9-17)20-10-15(19)18-12-4-2-1-3-5-12/h1-8H,9-10,17H2,(H,18,19). The van der Waals surface area contributed by atoms with E-state index in [1.54, 1.807) is 18.2 Å². The summed E-state index contributed by atoms with van der Waals surface area (Å²) in [6, 6.07) is 14.4. The smallest absolute Gasteiger partial charge is 0.262 e. The highest BCUT2D eigenvalue weighted by Crippen LogP contribution is 2.22. The molecule has 0 bridgehead atoms. The molecule has 5 heteroatoms. The highest BCUT2D eigenvalue weighted by molar-refractivity contribution is 6.31. The number of carbonyl (C=O) groups is 1. The van der Waals surface area contributed by atoms with Crippen LogP contribution in [0.15, 0.2) is 48.5 Å². The van der Waals surface area contributed by atoms with Crippen LogP contribution < -0.4 is 15.8 Å². The molecule has 0 heterocycles. The first-order valence-electron chi connectivity index (χ1n) is 6.15. The highest BCUT2D eigenvalue weighted by Gasteiger charge is 2.05. The summed E-state index contributed by atoms with van der Waals surface area (Å²) in [5.74, 6) is 0.311. The molecule has 2 rings (SSSR count). The van der Waals surface area contributed by atoms with E-state index in [0.717, 1.165) is 11.3 Å². The zero-order valence-corrected chi connectivity index (χ0v) is 11.6. The minimum Gasteiger partial charge on any atom is -0.484 e. The largest absolute Gasteiger partial charge is 0.484 e. The van der Waals surface area contributed by atoms with Crippen molar-refractivity contribution in [2.75, 3.05) is 11.9 Å². The van der Waals surface area contributed by atoms with Gasteiger partial charge in [0.15, 0.2) is 6.61 Å². The Hall–Kier alpha value is -2.04. The Morgan fingerprint density at radius 3 is 2.60 bits per heavy atom. The van der Waals surface area contributed by atoms with Crippen LogP contribution in [-0.2, 0) is 11.3 Å². The van der Waals surface area contributed by atoms with Gasteiger partial charge in [-0.05, 0) is 29.8 Å². The molecule has 0 fully saturated rings. The van der Waals surface area contributed by atoms with Gasteiger partial charge in [0.25, 0.3) is 5.91 Å². The maximum Gasteiger partial charge on any atom is 0.262 e. The molecular weight excluding hydrogens is 276 g/mol. The lowest BCUT2D eigenvalue weighted by Gasteiger charge is -2.09. The average molecular weight is 291 g/mol. The van der Waals surface area contributed by atoms with Crippen molar-refractivity contribution in [3.63, 3.8) is 0 Å². The molecule has 0 unspecified atom stereocenters. The molecule has 104 valence electrons. The topological polar surface area (TPSA) is 64.3 Å². The molecule has 2 aromatic rings. The summed E-state index contributed by atoms with van der Waals surface area (Å²) in [5, 5.41) is 3.27. The van der Waals surface area contributed by atoms with Gasteiger partial charge in [0.1, 0.15) is 5.75 Å². The third-order valence-electron chi connectivity index (χ3n) is 2.67. The van der Waals surface area contributed by atoms with Crippen LogP contribution in [0.1, 0.15) is 5.56 Å². The number of para-hydroxylation sites is 1. The highest BCUT2D eigenvalue weighted by atomic mass is 35.5. The zero-order chi connectivity index (χ0) is 14.4. The molecule has 0 radical (unpaired) electrons. The van der Waals surface area contributed by atoms with E-state index in [0.29, 0.717) is 17.3 Å². The number of nitrogens with one attached hydrogen (secondary N) is 1. The molecule has 0 spiro atoms. The minimum absolute atomic E-state index is 0.0762. The van der Waals surface area contributed by atoms with Gasteiger partial charge in [-0.2, -0.15) is 0 Å². The summed E-state index contributed by atoms with van der Waals surface area (Å²) in [6.45, 7) is 0.292. The zero-order valence-electron chi connectivity index (χ0n) is 10.8. The van der Waals surface area contributed by atoms with Crippen LogP contribution in [0, 0.1) is 0 Å². The number of carbonyl (C=O) groups excluding carboxylic acids is 1. The first kappa shape index (κ1) is 14.4. The van der Waals surface area contributed by atoms with Crippen molar-refractivity contribution >= 4 is 23.2 Å². The maximum absolute atomic E-state index is 11.7. The molecule has 4 nitrogen and oxygen atoms in total. The van der Waals surface area contributed by atoms with E-state index in [1.165, 1.54) is 0 Å². The van der Waals surface area contributed by atoms with E-state index in [4.69, 9.17) is 22.1 Å². The fourth-order valence-corrected chi connectivity index (χ4v) is 1.90. The summed E-state index contributed by atoms with van der Waals surface area (Å²) in [6.07, 6.45) is 0. The lowest BCUT2D eigenvalue weighted by atomic mass is 10.2. The molecule has 0 saturated heterocycles. The summed E-state index contributed by atoms with van der Waals surface area (Å²) in [4.78, 5) is 11.7. The number of hydrogen-bond donors (Lipinski definition) is 2. The molecule has 2 aromatic carbocycles. The van der Waals surface area contributed by atoms with Gasteiger partial charge >= 0.3 is 0 Å². The van der Waals surface area contributed by atoms with Gasteiger partial charge in [-0.3, -0.25) is 4.79 Å². The van der Waals surface area contributed by atoms with Gasteiger partial charge in [-0.25, -0.2) is 0 Å². The molecular formula is C15H15ClN2O2. The number of hydrogen-bond acceptors (Lipinski definition) is 3. The van der Waals surface area contributed by atoms with Gasteiger partial charge < -0.3 is 15.8 Å². The van der Waals surface area contributed by atoms with Crippen LogP contribution in [0.2, 0.25) is 5.02 Å². The van der Waals surface area contributed by atoms with Gasteiger partial charge in [-0.1, -0.05) is 35.9 Å². The predicted molar refractivity (Wildman–Crippen MR) is 79.9 cm³/mol. The second-order valence-electron chi connectivity index (χ2n) is 4.16. The number of rotatable bonds is 5. The number of halogens is 1. The van der Waals surface area contributed by atoms with Crippen LogP contribution in [0.25, 0.3) is 0 Å². The molecule has 0 atom stereocenters. The fourth-order valence-electron chi connectivity index (χ4n) is 1.65. The normalized spacial score (nSPS) is 10.1. The summed E-state index contributed by atoms with van der Waals surface area (Å²) in [7, 11) is 0. The van der Waals surface area contributed by atoms with Crippen molar-refractivity contribution < 1.29 is 9.53 Å². The van der Waals surface area contributed by atoms with Crippen molar-refractivity contribution in [2.24, 2.45) is 5.73 Å². The van der Waals surface area contributed by atoms with E-state index in [2.05, 4.69) is 5.32 Å². The Labute approximate surface area is 122 Å². The van der Waals surface area contributed by atoms with Crippen molar-refractivity contribution in [3.05, 3.63) is 59.1 Å². The third kappa shape index (κ3) is 3.98. The van der Waals surface area contributed by atoms with Gasteiger partial charge in [0.05, 0.1) is 0 Å². The average Bonchev–Trinajstić information content (AvgIpc) is 2.46. The van der Waals surface area contributed by atoms with Crippen LogP contribution in [0.4, 0.5) is 5.69 Å². The maximum atomic E-state index is 11.7. The van der Waals surface area contributed by atoms with Crippen molar-refractivity contribution in [2.45, 2.75) is 6.54 Å². The van der Waals surface area contributed by atoms with E-state index in [1.807, 2.05) is 30.3 Å². The van der Waals surface area contributed by atoms with Crippen LogP contribution >= 0.6 is 11.6 Å². The van der Waals surface area contributed by atoms with Crippen molar-refractivity contribution in [1.29, 1.82) is 0 Å². The predicted octanol–water partition coefficient (Wildman–Crippen LogP) is 2.82. The Morgan fingerprint density at radius 2 is 1.95 bits per heavy atom. The summed E-state index contributed by atoms with van der Waals surface area (Å²) in [5.41, 5.74) is 7.09. The SMILES string of the molecule is NCc1ccc(OCC(=O)Nc2ccccc2)cc1Cl. The Morgan fingerprint density at radius 1 is 1.20 bits per heavy atom. The number of benzene rings is 2. The minimum atomic E-state index is -0.227. The number of nitrogens with two attached hydrogens (primary N) is 1. The lowest BCUT2D eigenvalue weighted by molar-refractivity contribution is -0.118. The summed E-state index contributed by atoms with van der Waals surface area (Å²) >= 11 is 6.01. The quantitative estimate of drug-likeness (QED) is 0.890. The number of ether oxygens (including phenoxy) is 1. The van der Waals surface area contributed by atoms with Crippen LogP contribution in [0.3, 0.4) is 0 Å². The van der Waals surface area contributed by atoms with E-state index in [-0.39, 0.29) is 12.5 Å². The van der Waals surface area contributed by atoms with Gasteiger partial charge in [0, 0.05) is 17.3 Å². The van der Waals surface area contributed by atoms with Gasteiger partial charge in [-0.15, -0.1) is 0 Å². The molecule has 1 amide bonds. The molecule has 0 aliphatic heterocycles. The number of anilines is 1. The van der Waals surface area contributed by atoms with Crippen molar-refractivity contribution in [3.8, 4) is 5.75 Å². The molecule has 0 saturated carbocycles. The third-order valence-corrected chi connectivity index (χ3v) is 3.02. The molecule has 0 aliphatic carbocycles. The Bertz CT molecular complexity index is 588. The monoisotopic (exact) mass is 290 g/mol. The molecule has 0 aromatic heterocycles. The second-order valence-corrected chi connectivity index (χ2v) is 4.57. The lowest BCUT2D eigenvalue weighted by Crippen LogP contribution is -2.20. The molecule has 3 N–H and O–H groups in total. The first-order chi connectivity index (χ1) is 9.69. The van der Waals surface area contributed by atoms with E-state index in [9.17, 15) is 4.79 Å². The Balaban J connectivity index is 1.89. The van der Waals surface area contributed by atoms with E-state index >= 15 is 0 Å². The Kier molecular flexibility index (Phi) is 4.98. The second kappa shape index (κ2) is 6.93. The van der Waals surface area contributed by atoms with Crippen LogP contribution in [-0.4, -0.2) is 12.5 Å².